The van der Waals surface area contributed by atoms with Crippen LogP contribution in [-0.4, -0.2) is 16.4 Å². The van der Waals surface area contributed by atoms with E-state index in [0.29, 0.717) is 19.0 Å². The fourth-order valence-corrected chi connectivity index (χ4v) is 1.79. The minimum absolute atomic E-state index is 0.494. The highest BCUT2D eigenvalue weighted by Crippen LogP contribution is 2.15. The van der Waals surface area contributed by atoms with Crippen LogP contribution in [0.3, 0.4) is 0 Å². The second-order valence-electron chi connectivity index (χ2n) is 3.55. The SMILES string of the molecule is ClCc1cnn(CCOc2ccc(Br)cc2)c1. The minimum Gasteiger partial charge on any atom is -0.492 e. The number of alkyl halides is 1. The van der Waals surface area contributed by atoms with E-state index < -0.39 is 0 Å². The largest absolute Gasteiger partial charge is 0.492 e. The highest BCUT2D eigenvalue weighted by atomic mass is 79.9. The Morgan fingerprint density at radius 1 is 1.29 bits per heavy atom. The lowest BCUT2D eigenvalue weighted by Crippen LogP contribution is -2.08. The quantitative estimate of drug-likeness (QED) is 0.790. The molecule has 1 heterocycles. The van der Waals surface area contributed by atoms with Crippen molar-refractivity contribution in [2.45, 2.75) is 12.4 Å². The molecule has 0 saturated carbocycles. The molecule has 2 aromatic rings. The van der Waals surface area contributed by atoms with E-state index >= 15 is 0 Å². The molecule has 0 atom stereocenters. The van der Waals surface area contributed by atoms with Gasteiger partial charge in [0.2, 0.25) is 0 Å². The Bertz CT molecular complexity index is 470. The van der Waals surface area contributed by atoms with Crippen molar-refractivity contribution < 1.29 is 4.74 Å². The molecule has 0 spiro atoms. The summed E-state index contributed by atoms with van der Waals surface area (Å²) >= 11 is 9.07. The van der Waals surface area contributed by atoms with Gasteiger partial charge in [-0.25, -0.2) is 0 Å². The molecule has 0 radical (unpaired) electrons. The molecular weight excluding hydrogens is 304 g/mol. The summed E-state index contributed by atoms with van der Waals surface area (Å²) in [6, 6.07) is 7.76. The molecule has 2 rings (SSSR count). The predicted molar refractivity (Wildman–Crippen MR) is 71.4 cm³/mol. The normalized spacial score (nSPS) is 10.5. The van der Waals surface area contributed by atoms with Crippen LogP contribution >= 0.6 is 27.5 Å². The van der Waals surface area contributed by atoms with Crippen LogP contribution in [0.4, 0.5) is 0 Å². The van der Waals surface area contributed by atoms with Crippen LogP contribution in [0.25, 0.3) is 0 Å². The molecule has 0 saturated heterocycles. The molecule has 0 amide bonds. The number of halogens is 2. The summed E-state index contributed by atoms with van der Waals surface area (Å²) in [6.45, 7) is 1.30. The van der Waals surface area contributed by atoms with Crippen LogP contribution in [-0.2, 0) is 12.4 Å². The first-order chi connectivity index (χ1) is 8.28. The Hall–Kier alpha value is -1.00. The van der Waals surface area contributed by atoms with E-state index in [0.717, 1.165) is 15.8 Å². The van der Waals surface area contributed by atoms with Crippen molar-refractivity contribution in [1.82, 2.24) is 9.78 Å². The summed E-state index contributed by atoms with van der Waals surface area (Å²) in [5.41, 5.74) is 1.02. The molecule has 17 heavy (non-hydrogen) atoms. The topological polar surface area (TPSA) is 27.1 Å². The zero-order chi connectivity index (χ0) is 12.1. The van der Waals surface area contributed by atoms with E-state index in [1.807, 2.05) is 35.1 Å². The molecule has 0 aliphatic carbocycles. The van der Waals surface area contributed by atoms with Gasteiger partial charge >= 0.3 is 0 Å². The van der Waals surface area contributed by atoms with Crippen LogP contribution in [0, 0.1) is 0 Å². The third kappa shape index (κ3) is 3.75. The van der Waals surface area contributed by atoms with Gasteiger partial charge < -0.3 is 4.74 Å². The molecule has 0 bridgehead atoms. The molecule has 1 aromatic carbocycles. The molecule has 3 nitrogen and oxygen atoms in total. The van der Waals surface area contributed by atoms with Gasteiger partial charge in [0.15, 0.2) is 0 Å². The molecule has 0 N–H and O–H groups in total. The zero-order valence-electron chi connectivity index (χ0n) is 9.14. The van der Waals surface area contributed by atoms with E-state index in [4.69, 9.17) is 16.3 Å². The first kappa shape index (κ1) is 12.5. The van der Waals surface area contributed by atoms with Crippen molar-refractivity contribution in [3.8, 4) is 5.75 Å². The standard InChI is InChI=1S/C12H12BrClN2O/c13-11-1-3-12(4-2-11)17-6-5-16-9-10(7-14)8-15-16/h1-4,8-9H,5-7H2. The molecule has 90 valence electrons. The van der Waals surface area contributed by atoms with Crippen molar-refractivity contribution in [2.75, 3.05) is 6.61 Å². The van der Waals surface area contributed by atoms with Crippen molar-refractivity contribution in [2.24, 2.45) is 0 Å². The van der Waals surface area contributed by atoms with Gasteiger partial charge in [0.05, 0.1) is 18.6 Å². The van der Waals surface area contributed by atoms with E-state index in [9.17, 15) is 0 Å². The molecule has 0 unspecified atom stereocenters. The van der Waals surface area contributed by atoms with Crippen molar-refractivity contribution in [3.05, 3.63) is 46.7 Å². The van der Waals surface area contributed by atoms with E-state index in [1.54, 1.807) is 6.20 Å². The second kappa shape index (κ2) is 6.07. The van der Waals surface area contributed by atoms with E-state index in [1.165, 1.54) is 0 Å². The Morgan fingerprint density at radius 2 is 2.06 bits per heavy atom. The lowest BCUT2D eigenvalue weighted by atomic mass is 10.3. The highest BCUT2D eigenvalue weighted by Gasteiger charge is 1.98. The van der Waals surface area contributed by atoms with Gasteiger partial charge in [-0.05, 0) is 24.3 Å². The van der Waals surface area contributed by atoms with Crippen molar-refractivity contribution in [1.29, 1.82) is 0 Å². The fraction of sp³-hybridized carbons (Fsp3) is 0.250. The van der Waals surface area contributed by atoms with Crippen molar-refractivity contribution in [3.63, 3.8) is 0 Å². The maximum atomic E-state index is 5.70. The monoisotopic (exact) mass is 314 g/mol. The number of ether oxygens (including phenoxy) is 1. The van der Waals surface area contributed by atoms with Crippen LogP contribution in [0.5, 0.6) is 5.75 Å². The predicted octanol–water partition coefficient (Wildman–Crippen LogP) is 3.46. The average molecular weight is 316 g/mol. The molecule has 1 aromatic heterocycles. The van der Waals surface area contributed by atoms with Gasteiger partial charge in [-0.3, -0.25) is 4.68 Å². The number of nitrogens with zero attached hydrogens (tertiary/aromatic N) is 2. The van der Waals surface area contributed by atoms with Crippen LogP contribution < -0.4 is 4.74 Å². The average Bonchev–Trinajstić information content (AvgIpc) is 2.80. The Morgan fingerprint density at radius 3 is 2.71 bits per heavy atom. The number of hydrogen-bond donors (Lipinski definition) is 0. The van der Waals surface area contributed by atoms with Gasteiger partial charge in [-0.1, -0.05) is 15.9 Å². The smallest absolute Gasteiger partial charge is 0.119 e. The van der Waals surface area contributed by atoms with Gasteiger partial charge in [-0.15, -0.1) is 11.6 Å². The van der Waals surface area contributed by atoms with Crippen LogP contribution in [0.1, 0.15) is 5.56 Å². The van der Waals surface area contributed by atoms with Crippen LogP contribution in [0.15, 0.2) is 41.1 Å². The lowest BCUT2D eigenvalue weighted by Gasteiger charge is -2.06. The molecule has 0 aliphatic rings. The summed E-state index contributed by atoms with van der Waals surface area (Å²) < 4.78 is 8.47. The summed E-state index contributed by atoms with van der Waals surface area (Å²) in [7, 11) is 0. The summed E-state index contributed by atoms with van der Waals surface area (Å²) in [5.74, 6) is 1.35. The maximum Gasteiger partial charge on any atom is 0.119 e. The third-order valence-electron chi connectivity index (χ3n) is 2.24. The lowest BCUT2D eigenvalue weighted by molar-refractivity contribution is 0.291. The van der Waals surface area contributed by atoms with Gasteiger partial charge in [0, 0.05) is 16.2 Å². The summed E-state index contributed by atoms with van der Waals surface area (Å²) in [4.78, 5) is 0. The molecule has 0 fully saturated rings. The highest BCUT2D eigenvalue weighted by molar-refractivity contribution is 9.10. The summed E-state index contributed by atoms with van der Waals surface area (Å²) in [6.07, 6.45) is 3.70. The third-order valence-corrected chi connectivity index (χ3v) is 3.08. The zero-order valence-corrected chi connectivity index (χ0v) is 11.5. The Labute approximate surface area is 113 Å². The Kier molecular flexibility index (Phi) is 4.45. The van der Waals surface area contributed by atoms with Gasteiger partial charge in [0.25, 0.3) is 0 Å². The van der Waals surface area contributed by atoms with E-state index in [-0.39, 0.29) is 0 Å². The number of aromatic nitrogens is 2. The molecular formula is C12H12BrClN2O. The van der Waals surface area contributed by atoms with Crippen molar-refractivity contribution >= 4 is 27.5 Å². The fourth-order valence-electron chi connectivity index (χ4n) is 1.39. The minimum atomic E-state index is 0.494. The number of rotatable bonds is 5. The number of benzene rings is 1. The molecule has 5 heteroatoms. The Balaban J connectivity index is 1.81. The van der Waals surface area contributed by atoms with Gasteiger partial charge in [0.1, 0.15) is 12.4 Å². The molecule has 0 aliphatic heterocycles. The first-order valence-corrected chi connectivity index (χ1v) is 6.56. The second-order valence-corrected chi connectivity index (χ2v) is 4.73. The summed E-state index contributed by atoms with van der Waals surface area (Å²) in [5, 5.41) is 4.18. The van der Waals surface area contributed by atoms with E-state index in [2.05, 4.69) is 21.0 Å². The van der Waals surface area contributed by atoms with Gasteiger partial charge in [-0.2, -0.15) is 5.10 Å². The number of hydrogen-bond acceptors (Lipinski definition) is 2. The maximum absolute atomic E-state index is 5.70. The van der Waals surface area contributed by atoms with Crippen LogP contribution in [0.2, 0.25) is 0 Å². The first-order valence-electron chi connectivity index (χ1n) is 5.23.